The Morgan fingerprint density at radius 2 is 1.47 bits per heavy atom. The van der Waals surface area contributed by atoms with Crippen LogP contribution in [-0.4, -0.2) is 5.11 Å². The zero-order valence-electron chi connectivity index (χ0n) is 20.9. The van der Waals surface area contributed by atoms with Gasteiger partial charge in [-0.05, 0) is 86.6 Å². The third kappa shape index (κ3) is 4.71. The minimum atomic E-state index is -0.252. The van der Waals surface area contributed by atoms with E-state index in [1.165, 1.54) is 73.6 Å². The average molecular weight is 531 g/mol. The van der Waals surface area contributed by atoms with Crippen LogP contribution in [0.4, 0.5) is 0 Å². The molecule has 1 unspecified atom stereocenters. The second-order valence-corrected chi connectivity index (χ2v) is 10.5. The predicted octanol–water partition coefficient (Wildman–Crippen LogP) is 2.17. The molecule has 1 fully saturated rings. The summed E-state index contributed by atoms with van der Waals surface area (Å²) < 4.78 is 0. The van der Waals surface area contributed by atoms with Crippen LogP contribution in [0.25, 0.3) is 5.57 Å². The number of rotatable bonds is 3. The maximum atomic E-state index is 11.9. The van der Waals surface area contributed by atoms with Gasteiger partial charge in [-0.15, -0.1) is 0 Å². The van der Waals surface area contributed by atoms with Crippen molar-refractivity contribution in [1.29, 1.82) is 0 Å². The van der Waals surface area contributed by atoms with Crippen molar-refractivity contribution in [3.8, 4) is 5.75 Å². The van der Waals surface area contributed by atoms with E-state index in [0.717, 1.165) is 11.1 Å². The first-order valence-electron chi connectivity index (χ1n) is 12.3. The Balaban J connectivity index is 0.00000136. The van der Waals surface area contributed by atoms with Crippen LogP contribution in [0, 0.1) is 19.8 Å². The number of aromatic hydroxyl groups is 1. The van der Waals surface area contributed by atoms with Crippen LogP contribution in [0.1, 0.15) is 93.0 Å². The van der Waals surface area contributed by atoms with Gasteiger partial charge in [-0.1, -0.05) is 67.8 Å². The van der Waals surface area contributed by atoms with E-state index < -0.39 is 0 Å². The topological polar surface area (TPSA) is 20.2 Å². The zero-order valence-corrected chi connectivity index (χ0v) is 24.0. The predicted molar refractivity (Wildman–Crippen MR) is 131 cm³/mol. The molecule has 5 rings (SSSR count). The second kappa shape index (κ2) is 11.4. The molecule has 3 aliphatic carbocycles. The summed E-state index contributed by atoms with van der Waals surface area (Å²) in [6, 6.07) is 12.9. The van der Waals surface area contributed by atoms with E-state index in [0.29, 0.717) is 11.7 Å². The maximum absolute atomic E-state index is 11.9. The molecule has 0 bridgehead atoms. The number of hydrogen-bond donors (Lipinski definition) is 1. The monoisotopic (exact) mass is 530 g/mol. The molecule has 34 heavy (non-hydrogen) atoms. The molecule has 0 spiro atoms. The standard InChI is InChI=1S/C30H36O.2ClH.Ti/c1-19-18-26(30(3,4)21-12-6-5-7-13-21)29(31)27(20(19)2)28-24-16-10-8-14-22(24)23-15-9-11-17-25(23)28;;;/h5-7,12-13,18,22,31H,8-11,14-17H2,1-4H3;2*1H;/q;;;+2/p-2. The van der Waals surface area contributed by atoms with Crippen LogP contribution < -0.4 is 24.8 Å². The third-order valence-corrected chi connectivity index (χ3v) is 8.40. The van der Waals surface area contributed by atoms with Crippen LogP contribution in [0.3, 0.4) is 0 Å². The summed E-state index contributed by atoms with van der Waals surface area (Å²) in [5.74, 6) is 1.17. The Morgan fingerprint density at radius 1 is 0.853 bits per heavy atom. The fraction of sp³-hybridized carbons (Fsp3) is 0.467. The molecule has 2 aromatic rings. The molecular formula is C30H36Cl2OTi. The quantitative estimate of drug-likeness (QED) is 0.603. The number of allylic oxidation sites excluding steroid dienone is 4. The molecule has 0 saturated heterocycles. The number of benzene rings is 2. The molecule has 0 amide bonds. The number of aryl methyl sites for hydroxylation is 1. The van der Waals surface area contributed by atoms with Crippen molar-refractivity contribution in [1.82, 2.24) is 0 Å². The van der Waals surface area contributed by atoms with Crippen LogP contribution in [0.5, 0.6) is 5.75 Å². The van der Waals surface area contributed by atoms with Gasteiger partial charge in [0.05, 0.1) is 0 Å². The van der Waals surface area contributed by atoms with Crippen LogP contribution in [-0.2, 0) is 27.1 Å². The van der Waals surface area contributed by atoms with Gasteiger partial charge in [-0.3, -0.25) is 0 Å². The summed E-state index contributed by atoms with van der Waals surface area (Å²) in [5, 5.41) is 11.9. The maximum Gasteiger partial charge on any atom is 2.00 e. The summed E-state index contributed by atoms with van der Waals surface area (Å²) in [7, 11) is 0. The smallest absolute Gasteiger partial charge is 1.00 e. The summed E-state index contributed by atoms with van der Waals surface area (Å²) in [6.45, 7) is 8.93. The molecule has 1 nitrogen and oxygen atoms in total. The molecule has 1 atom stereocenters. The van der Waals surface area contributed by atoms with Gasteiger partial charge in [0.25, 0.3) is 0 Å². The largest absolute Gasteiger partial charge is 2.00 e. The van der Waals surface area contributed by atoms with Crippen molar-refractivity contribution in [2.75, 3.05) is 0 Å². The van der Waals surface area contributed by atoms with Gasteiger partial charge in [0.1, 0.15) is 5.75 Å². The van der Waals surface area contributed by atoms with Gasteiger partial charge in [-0.25, -0.2) is 0 Å². The fourth-order valence-corrected chi connectivity index (χ4v) is 6.50. The number of phenolic OH excluding ortho intramolecular Hbond substituents is 1. The number of phenols is 1. The van der Waals surface area contributed by atoms with Crippen LogP contribution in [0.2, 0.25) is 0 Å². The van der Waals surface area contributed by atoms with Gasteiger partial charge in [0.2, 0.25) is 0 Å². The van der Waals surface area contributed by atoms with Gasteiger partial charge in [0.15, 0.2) is 0 Å². The second-order valence-electron chi connectivity index (χ2n) is 10.5. The summed E-state index contributed by atoms with van der Waals surface area (Å²) in [6.07, 6.45) is 10.2. The van der Waals surface area contributed by atoms with E-state index in [9.17, 15) is 5.11 Å². The van der Waals surface area contributed by atoms with E-state index in [1.54, 1.807) is 16.7 Å². The number of halogens is 2. The van der Waals surface area contributed by atoms with Gasteiger partial charge < -0.3 is 29.9 Å². The SMILES string of the molecule is Cc1cc(C(C)(C)c2ccccc2)c(O)c(C2=C3CCCCC3C3=C2CCCC3)c1C.[Cl-].[Cl-].[Ti+2]. The van der Waals surface area contributed by atoms with Gasteiger partial charge in [-0.2, -0.15) is 0 Å². The van der Waals surface area contributed by atoms with Crippen molar-refractivity contribution in [2.45, 2.75) is 84.5 Å². The van der Waals surface area contributed by atoms with E-state index >= 15 is 0 Å². The first-order chi connectivity index (χ1) is 14.9. The molecule has 0 aromatic heterocycles. The summed E-state index contributed by atoms with van der Waals surface area (Å²) in [4.78, 5) is 0. The molecule has 2 aromatic carbocycles. The molecular weight excluding hydrogens is 495 g/mol. The molecule has 3 aliphatic rings. The fourth-order valence-electron chi connectivity index (χ4n) is 6.50. The first kappa shape index (κ1) is 29.2. The zero-order chi connectivity index (χ0) is 21.8. The minimum absolute atomic E-state index is 0. The molecule has 0 heterocycles. The Morgan fingerprint density at radius 3 is 2.18 bits per heavy atom. The first-order valence-corrected chi connectivity index (χ1v) is 12.3. The molecule has 0 radical (unpaired) electrons. The van der Waals surface area contributed by atoms with E-state index in [-0.39, 0.29) is 51.9 Å². The van der Waals surface area contributed by atoms with E-state index in [4.69, 9.17) is 0 Å². The van der Waals surface area contributed by atoms with E-state index in [2.05, 4.69) is 64.1 Å². The van der Waals surface area contributed by atoms with Crippen molar-refractivity contribution < 1.29 is 51.6 Å². The molecule has 180 valence electrons. The summed E-state index contributed by atoms with van der Waals surface area (Å²) >= 11 is 0. The number of fused-ring (bicyclic) bond motifs is 2. The normalized spacial score (nSPS) is 19.5. The van der Waals surface area contributed by atoms with Crippen LogP contribution >= 0.6 is 0 Å². The minimum Gasteiger partial charge on any atom is -1.00 e. The Bertz CT molecular complexity index is 1100. The van der Waals surface area contributed by atoms with Crippen molar-refractivity contribution in [2.24, 2.45) is 5.92 Å². The average Bonchev–Trinajstić information content (AvgIpc) is 3.11. The van der Waals surface area contributed by atoms with Crippen molar-refractivity contribution >= 4 is 5.57 Å². The molecule has 0 aliphatic heterocycles. The van der Waals surface area contributed by atoms with Gasteiger partial charge >= 0.3 is 21.7 Å². The number of hydrogen-bond acceptors (Lipinski definition) is 1. The molecule has 1 N–H and O–H groups in total. The molecule has 4 heteroatoms. The Kier molecular flexibility index (Phi) is 9.79. The van der Waals surface area contributed by atoms with Crippen molar-refractivity contribution in [3.63, 3.8) is 0 Å². The van der Waals surface area contributed by atoms with E-state index in [1.807, 2.05) is 0 Å². The Labute approximate surface area is 233 Å². The molecule has 1 saturated carbocycles. The Hall–Kier alpha value is -0.986. The van der Waals surface area contributed by atoms with Gasteiger partial charge in [0, 0.05) is 22.5 Å². The van der Waals surface area contributed by atoms with Crippen LogP contribution in [0.15, 0.2) is 53.1 Å². The van der Waals surface area contributed by atoms with Crippen molar-refractivity contribution in [3.05, 3.63) is 80.9 Å². The summed E-state index contributed by atoms with van der Waals surface area (Å²) in [5.41, 5.74) is 12.2. The third-order valence-electron chi connectivity index (χ3n) is 8.40.